The van der Waals surface area contributed by atoms with Crippen LogP contribution in [0.15, 0.2) is 36.7 Å². The number of nitrogens with one attached hydrogen (secondary N) is 3. The Morgan fingerprint density at radius 1 is 1.24 bits per heavy atom. The molecule has 2 aromatic heterocycles. The van der Waals surface area contributed by atoms with Crippen molar-refractivity contribution >= 4 is 28.1 Å². The lowest BCUT2D eigenvalue weighted by Gasteiger charge is -2.25. The van der Waals surface area contributed by atoms with E-state index in [1.807, 2.05) is 37.3 Å². The largest absolute Gasteiger partial charge is 0.474 e. The summed E-state index contributed by atoms with van der Waals surface area (Å²) in [4.78, 5) is 12.7. The van der Waals surface area contributed by atoms with E-state index < -0.39 is 0 Å². The summed E-state index contributed by atoms with van der Waals surface area (Å²) in [5, 5.41) is 8.49. The van der Waals surface area contributed by atoms with Gasteiger partial charge in [0.2, 0.25) is 5.88 Å². The van der Waals surface area contributed by atoms with E-state index in [0.29, 0.717) is 5.88 Å². The van der Waals surface area contributed by atoms with E-state index >= 15 is 0 Å². The summed E-state index contributed by atoms with van der Waals surface area (Å²) < 4.78 is 19.4. The monoisotopic (exact) mass is 397 g/mol. The van der Waals surface area contributed by atoms with Crippen molar-refractivity contribution in [1.29, 1.82) is 0 Å². The Hall–Kier alpha value is -3.20. The summed E-state index contributed by atoms with van der Waals surface area (Å²) in [5.74, 6) is 0.909. The number of aromatic nitrogens is 3. The predicted molar refractivity (Wildman–Crippen MR) is 111 cm³/mol. The Kier molecular flexibility index (Phi) is 5.57. The minimum atomic E-state index is -0.267. The van der Waals surface area contributed by atoms with E-state index in [1.54, 1.807) is 5.54 Å². The number of hydrogen-bond acceptors (Lipinski definition) is 8. The van der Waals surface area contributed by atoms with Crippen LogP contribution in [0, 0.1) is 0 Å². The molecule has 0 amide bonds. The van der Waals surface area contributed by atoms with Crippen LogP contribution in [0.3, 0.4) is 0 Å². The predicted octanol–water partition coefficient (Wildman–Crippen LogP) is 3.21. The Labute approximate surface area is 168 Å². The average Bonchev–Trinajstić information content (AvgIpc) is 2.74. The first-order valence-corrected chi connectivity index (χ1v) is 9.66. The van der Waals surface area contributed by atoms with Crippen LogP contribution in [0.2, 0.25) is 0 Å². The second-order valence-corrected chi connectivity index (χ2v) is 7.08. The first-order valence-electron chi connectivity index (χ1n) is 9.66. The van der Waals surface area contributed by atoms with E-state index in [4.69, 9.17) is 15.5 Å². The maximum atomic E-state index is 13.1. The number of anilines is 3. The Balaban J connectivity index is 1.65. The molecule has 9 heteroatoms. The number of halogens is 1. The zero-order chi connectivity index (χ0) is 20.2. The number of ether oxygens (including phenoxy) is 1. The molecule has 0 radical (unpaired) electrons. The van der Waals surface area contributed by atoms with Crippen LogP contribution in [0.5, 0.6) is 5.88 Å². The van der Waals surface area contributed by atoms with Crippen molar-refractivity contribution in [2.45, 2.75) is 31.9 Å². The zero-order valence-corrected chi connectivity index (χ0v) is 16.2. The fourth-order valence-electron chi connectivity index (χ4n) is 3.45. The summed E-state index contributed by atoms with van der Waals surface area (Å²) in [5.41, 5.74) is 8.03. The molecule has 1 aliphatic heterocycles. The van der Waals surface area contributed by atoms with Gasteiger partial charge < -0.3 is 21.1 Å². The number of nitrogens with zero attached hydrogens (tertiary/aromatic N) is 3. The van der Waals surface area contributed by atoms with Crippen molar-refractivity contribution in [3.8, 4) is 5.88 Å². The van der Waals surface area contributed by atoms with Crippen LogP contribution in [-0.2, 0) is 0 Å². The van der Waals surface area contributed by atoms with Gasteiger partial charge in [-0.05, 0) is 50.4 Å². The first kappa shape index (κ1) is 19.1. The van der Waals surface area contributed by atoms with Gasteiger partial charge in [0, 0.05) is 5.39 Å². The minimum Gasteiger partial charge on any atom is -0.474 e. The molecule has 5 N–H and O–H groups in total. The molecule has 1 aromatic carbocycles. The van der Waals surface area contributed by atoms with Crippen molar-refractivity contribution in [2.24, 2.45) is 0 Å². The van der Waals surface area contributed by atoms with E-state index in [-0.39, 0.29) is 29.5 Å². The Morgan fingerprint density at radius 2 is 2.03 bits per heavy atom. The highest BCUT2D eigenvalue weighted by molar-refractivity contribution is 5.87. The van der Waals surface area contributed by atoms with Gasteiger partial charge in [-0.15, -0.1) is 4.48 Å². The Morgan fingerprint density at radius 3 is 2.83 bits per heavy atom. The maximum Gasteiger partial charge on any atom is 0.221 e. The molecule has 1 atom stereocenters. The SMILES string of the molecule is CC(Nc1ncnc(N)c1NF)c1cc2ccccc2c(OC2CCNCC2)n1. The maximum absolute atomic E-state index is 13.1. The van der Waals surface area contributed by atoms with Gasteiger partial charge in [0.15, 0.2) is 11.6 Å². The lowest BCUT2D eigenvalue weighted by Crippen LogP contribution is -2.34. The number of piperidine rings is 1. The van der Waals surface area contributed by atoms with Gasteiger partial charge >= 0.3 is 0 Å². The van der Waals surface area contributed by atoms with Gasteiger partial charge in [0.05, 0.1) is 11.7 Å². The van der Waals surface area contributed by atoms with Gasteiger partial charge in [-0.3, -0.25) is 0 Å². The van der Waals surface area contributed by atoms with Gasteiger partial charge in [-0.2, -0.15) is 0 Å². The molecule has 0 bridgehead atoms. The third kappa shape index (κ3) is 4.14. The van der Waals surface area contributed by atoms with Gasteiger partial charge in [0.1, 0.15) is 18.1 Å². The van der Waals surface area contributed by atoms with E-state index in [2.05, 4.69) is 20.6 Å². The quantitative estimate of drug-likeness (QED) is 0.470. The van der Waals surface area contributed by atoms with Crippen LogP contribution < -0.4 is 26.6 Å². The van der Waals surface area contributed by atoms with Crippen LogP contribution in [0.4, 0.5) is 21.8 Å². The molecular formula is C20H24FN7O. The molecular weight excluding hydrogens is 373 g/mol. The molecule has 0 spiro atoms. The van der Waals surface area contributed by atoms with Crippen molar-refractivity contribution in [1.82, 2.24) is 20.3 Å². The van der Waals surface area contributed by atoms with Crippen LogP contribution in [-0.4, -0.2) is 34.1 Å². The number of fused-ring (bicyclic) bond motifs is 1. The van der Waals surface area contributed by atoms with Crippen LogP contribution in [0.25, 0.3) is 10.8 Å². The lowest BCUT2D eigenvalue weighted by molar-refractivity contribution is 0.158. The second-order valence-electron chi connectivity index (χ2n) is 7.08. The topological polar surface area (TPSA) is 110 Å². The number of pyridine rings is 1. The molecule has 1 fully saturated rings. The molecule has 0 saturated carbocycles. The fraction of sp³-hybridized carbons (Fsp3) is 0.350. The molecule has 29 heavy (non-hydrogen) atoms. The number of nitrogens with two attached hydrogens (primary N) is 1. The third-order valence-electron chi connectivity index (χ3n) is 5.06. The highest BCUT2D eigenvalue weighted by Crippen LogP contribution is 2.31. The summed E-state index contributed by atoms with van der Waals surface area (Å²) in [6.07, 6.45) is 3.30. The molecule has 3 heterocycles. The van der Waals surface area contributed by atoms with Crippen LogP contribution in [0.1, 0.15) is 31.5 Å². The summed E-state index contributed by atoms with van der Waals surface area (Å²) in [6, 6.07) is 9.72. The normalized spacial score (nSPS) is 15.8. The number of hydrogen-bond donors (Lipinski definition) is 4. The van der Waals surface area contributed by atoms with Crippen molar-refractivity contribution in [2.75, 3.05) is 29.7 Å². The van der Waals surface area contributed by atoms with E-state index in [1.165, 1.54) is 6.33 Å². The molecule has 0 aliphatic carbocycles. The van der Waals surface area contributed by atoms with E-state index in [9.17, 15) is 4.48 Å². The van der Waals surface area contributed by atoms with Crippen molar-refractivity contribution in [3.63, 3.8) is 0 Å². The average molecular weight is 397 g/mol. The molecule has 1 unspecified atom stereocenters. The second kappa shape index (κ2) is 8.44. The Bertz CT molecular complexity index is 994. The molecule has 4 rings (SSSR count). The number of rotatable bonds is 6. The molecule has 1 saturated heterocycles. The highest BCUT2D eigenvalue weighted by atomic mass is 19.2. The standard InChI is InChI=1S/C20H24FN7O/c1-12(26-19-17(28-21)18(22)24-11-25-19)16-10-13-4-2-3-5-15(13)20(27-16)29-14-6-8-23-9-7-14/h2-5,10-12,14,23,28H,6-9H2,1H3,(H3,22,24,25,26). The minimum absolute atomic E-state index is 0.00585. The van der Waals surface area contributed by atoms with Crippen molar-refractivity contribution < 1.29 is 9.22 Å². The van der Waals surface area contributed by atoms with Gasteiger partial charge in [-0.25, -0.2) is 20.5 Å². The van der Waals surface area contributed by atoms with E-state index in [0.717, 1.165) is 42.4 Å². The van der Waals surface area contributed by atoms with Gasteiger partial charge in [-0.1, -0.05) is 18.2 Å². The third-order valence-corrected chi connectivity index (χ3v) is 5.06. The highest BCUT2D eigenvalue weighted by Gasteiger charge is 2.19. The van der Waals surface area contributed by atoms with Crippen molar-refractivity contribution in [3.05, 3.63) is 42.4 Å². The zero-order valence-electron chi connectivity index (χ0n) is 16.2. The summed E-state index contributed by atoms with van der Waals surface area (Å²) in [6.45, 7) is 3.80. The molecule has 8 nitrogen and oxygen atoms in total. The number of nitrogen functional groups attached to an aromatic ring is 1. The smallest absolute Gasteiger partial charge is 0.221 e. The number of benzene rings is 1. The molecule has 152 valence electrons. The van der Waals surface area contributed by atoms with Gasteiger partial charge in [0.25, 0.3) is 0 Å². The van der Waals surface area contributed by atoms with Crippen LogP contribution >= 0.6 is 0 Å². The summed E-state index contributed by atoms with van der Waals surface area (Å²) in [7, 11) is 0. The molecule has 1 aliphatic rings. The molecule has 3 aromatic rings. The first-order chi connectivity index (χ1) is 14.2. The lowest BCUT2D eigenvalue weighted by atomic mass is 10.1. The fourth-order valence-corrected chi connectivity index (χ4v) is 3.45. The summed E-state index contributed by atoms with van der Waals surface area (Å²) >= 11 is 0.